The second kappa shape index (κ2) is 6.46. The summed E-state index contributed by atoms with van der Waals surface area (Å²) in [6.07, 6.45) is 5.88. The minimum absolute atomic E-state index is 0.0225. The van der Waals surface area contributed by atoms with Crippen LogP contribution in [0.4, 0.5) is 0 Å². The number of aromatic nitrogens is 1. The van der Waals surface area contributed by atoms with Gasteiger partial charge in [0.15, 0.2) is 0 Å². The number of carbonyl (C=O) groups is 2. The minimum atomic E-state index is 0.0225. The first-order valence-electron chi connectivity index (χ1n) is 8.11. The van der Waals surface area contributed by atoms with Crippen LogP contribution in [0, 0.1) is 5.92 Å². The van der Waals surface area contributed by atoms with E-state index in [1.54, 1.807) is 6.92 Å². The maximum Gasteiger partial charge on any atom is 0.223 e. The topological polar surface area (TPSA) is 62.3 Å². The summed E-state index contributed by atoms with van der Waals surface area (Å²) in [5.74, 6) is 0.875. The predicted octanol–water partition coefficient (Wildman–Crippen LogP) is 1.83. The molecule has 2 fully saturated rings. The maximum absolute atomic E-state index is 12.2. The number of carbonyl (C=O) groups excluding carboxylic acids is 2. The highest BCUT2D eigenvalue weighted by Crippen LogP contribution is 2.38. The Kier molecular flexibility index (Phi) is 4.41. The number of rotatable bonds is 4. The molecule has 3 rings (SSSR count). The molecule has 0 radical (unpaired) electrons. The largest absolute Gasteiger partial charge is 0.352 e. The maximum atomic E-state index is 12.2. The molecule has 0 aromatic carbocycles. The Morgan fingerprint density at radius 1 is 1.23 bits per heavy atom. The smallest absolute Gasteiger partial charge is 0.223 e. The minimum Gasteiger partial charge on any atom is -0.352 e. The molecule has 0 unspecified atom stereocenters. The van der Waals surface area contributed by atoms with Gasteiger partial charge in [-0.1, -0.05) is 6.07 Å². The first-order chi connectivity index (χ1) is 10.6. The fourth-order valence-corrected chi connectivity index (χ4v) is 2.95. The van der Waals surface area contributed by atoms with Crippen molar-refractivity contribution >= 4 is 11.8 Å². The SMILES string of the molecule is CC(=O)N1CCC(C(=O)NCc2ccc(C3CC3)nc2)CC1. The molecule has 5 nitrogen and oxygen atoms in total. The second-order valence-corrected chi connectivity index (χ2v) is 6.36. The average Bonchev–Trinajstić information content (AvgIpc) is 3.38. The lowest BCUT2D eigenvalue weighted by atomic mass is 9.96. The summed E-state index contributed by atoms with van der Waals surface area (Å²) >= 11 is 0. The van der Waals surface area contributed by atoms with Crippen molar-refractivity contribution in [1.29, 1.82) is 0 Å². The van der Waals surface area contributed by atoms with Crippen LogP contribution in [-0.2, 0) is 16.1 Å². The van der Waals surface area contributed by atoms with Crippen molar-refractivity contribution in [1.82, 2.24) is 15.2 Å². The number of nitrogens with zero attached hydrogens (tertiary/aromatic N) is 2. The fraction of sp³-hybridized carbons (Fsp3) is 0.588. The van der Waals surface area contributed by atoms with Crippen LogP contribution in [0.15, 0.2) is 18.3 Å². The van der Waals surface area contributed by atoms with Crippen molar-refractivity contribution in [3.05, 3.63) is 29.6 Å². The van der Waals surface area contributed by atoms with Crippen molar-refractivity contribution in [3.8, 4) is 0 Å². The lowest BCUT2D eigenvalue weighted by Crippen LogP contribution is -2.42. The molecule has 2 amide bonds. The summed E-state index contributed by atoms with van der Waals surface area (Å²) in [5, 5.41) is 2.99. The third-order valence-electron chi connectivity index (χ3n) is 4.62. The van der Waals surface area contributed by atoms with Gasteiger partial charge in [0.2, 0.25) is 11.8 Å². The standard InChI is InChI=1S/C17H23N3O2/c1-12(21)20-8-6-15(7-9-20)17(22)19-11-13-2-5-16(18-10-13)14-3-4-14/h2,5,10,14-15H,3-4,6-9,11H2,1H3,(H,19,22). The lowest BCUT2D eigenvalue weighted by Gasteiger charge is -2.30. The van der Waals surface area contributed by atoms with Crippen LogP contribution in [0.5, 0.6) is 0 Å². The van der Waals surface area contributed by atoms with Gasteiger partial charge in [0.05, 0.1) is 0 Å². The summed E-state index contributed by atoms with van der Waals surface area (Å²) in [4.78, 5) is 29.8. The predicted molar refractivity (Wildman–Crippen MR) is 83.0 cm³/mol. The third kappa shape index (κ3) is 3.64. The van der Waals surface area contributed by atoms with Gasteiger partial charge in [0.25, 0.3) is 0 Å². The van der Waals surface area contributed by atoms with Crippen LogP contribution in [0.2, 0.25) is 0 Å². The number of amides is 2. The molecule has 1 aliphatic heterocycles. The Morgan fingerprint density at radius 2 is 1.95 bits per heavy atom. The monoisotopic (exact) mass is 301 g/mol. The van der Waals surface area contributed by atoms with Crippen molar-refractivity contribution in [2.24, 2.45) is 5.92 Å². The molecule has 22 heavy (non-hydrogen) atoms. The van der Waals surface area contributed by atoms with E-state index in [1.165, 1.54) is 18.5 Å². The van der Waals surface area contributed by atoms with Crippen LogP contribution >= 0.6 is 0 Å². The molecule has 1 aromatic heterocycles. The number of nitrogens with one attached hydrogen (secondary N) is 1. The van der Waals surface area contributed by atoms with Gasteiger partial charge in [-0.3, -0.25) is 14.6 Å². The summed E-state index contributed by atoms with van der Waals surface area (Å²) in [6, 6.07) is 4.13. The van der Waals surface area contributed by atoms with E-state index in [1.807, 2.05) is 11.1 Å². The van der Waals surface area contributed by atoms with E-state index in [2.05, 4.69) is 22.4 Å². The summed E-state index contributed by atoms with van der Waals surface area (Å²) in [7, 11) is 0. The van der Waals surface area contributed by atoms with E-state index in [-0.39, 0.29) is 17.7 Å². The van der Waals surface area contributed by atoms with Gasteiger partial charge in [-0.05, 0) is 37.3 Å². The molecule has 5 heteroatoms. The first-order valence-corrected chi connectivity index (χ1v) is 8.11. The summed E-state index contributed by atoms with van der Waals surface area (Å²) < 4.78 is 0. The number of hydrogen-bond donors (Lipinski definition) is 1. The number of piperidine rings is 1. The molecule has 2 aliphatic rings. The molecule has 1 N–H and O–H groups in total. The van der Waals surface area contributed by atoms with E-state index in [9.17, 15) is 9.59 Å². The zero-order valence-corrected chi connectivity index (χ0v) is 13.0. The quantitative estimate of drug-likeness (QED) is 0.923. The molecular formula is C17H23N3O2. The van der Waals surface area contributed by atoms with E-state index in [0.717, 1.165) is 18.4 Å². The average molecular weight is 301 g/mol. The van der Waals surface area contributed by atoms with Gasteiger partial charge >= 0.3 is 0 Å². The zero-order chi connectivity index (χ0) is 15.5. The molecule has 118 valence electrons. The lowest BCUT2D eigenvalue weighted by molar-refractivity contribution is -0.134. The highest BCUT2D eigenvalue weighted by Gasteiger charge is 2.26. The van der Waals surface area contributed by atoms with Crippen LogP contribution in [-0.4, -0.2) is 34.8 Å². The number of hydrogen-bond acceptors (Lipinski definition) is 3. The fourth-order valence-electron chi connectivity index (χ4n) is 2.95. The van der Waals surface area contributed by atoms with Gasteiger partial charge < -0.3 is 10.2 Å². The molecule has 0 bridgehead atoms. The Hall–Kier alpha value is -1.91. The highest BCUT2D eigenvalue weighted by atomic mass is 16.2. The molecule has 2 heterocycles. The number of pyridine rings is 1. The van der Waals surface area contributed by atoms with Gasteiger partial charge in [0.1, 0.15) is 0 Å². The van der Waals surface area contributed by atoms with Crippen molar-refractivity contribution < 1.29 is 9.59 Å². The Balaban J connectivity index is 1.45. The van der Waals surface area contributed by atoms with Gasteiger partial charge in [0, 0.05) is 50.3 Å². The molecule has 1 aliphatic carbocycles. The van der Waals surface area contributed by atoms with Crippen molar-refractivity contribution in [3.63, 3.8) is 0 Å². The zero-order valence-electron chi connectivity index (χ0n) is 13.0. The molecule has 0 spiro atoms. The Labute approximate surface area is 131 Å². The van der Waals surface area contributed by atoms with Crippen molar-refractivity contribution in [2.45, 2.75) is 45.1 Å². The second-order valence-electron chi connectivity index (χ2n) is 6.36. The third-order valence-corrected chi connectivity index (χ3v) is 4.62. The highest BCUT2D eigenvalue weighted by molar-refractivity contribution is 5.79. The van der Waals surface area contributed by atoms with Gasteiger partial charge in [-0.15, -0.1) is 0 Å². The number of likely N-dealkylation sites (tertiary alicyclic amines) is 1. The molecular weight excluding hydrogens is 278 g/mol. The molecule has 1 saturated heterocycles. The van der Waals surface area contributed by atoms with Gasteiger partial charge in [-0.25, -0.2) is 0 Å². The summed E-state index contributed by atoms with van der Waals surface area (Å²) in [5.41, 5.74) is 2.21. The van der Waals surface area contributed by atoms with Crippen LogP contribution in [0.1, 0.15) is 49.8 Å². The first kappa shape index (κ1) is 15.0. The molecule has 0 atom stereocenters. The van der Waals surface area contributed by atoms with E-state index in [0.29, 0.717) is 25.6 Å². The van der Waals surface area contributed by atoms with Gasteiger partial charge in [-0.2, -0.15) is 0 Å². The van der Waals surface area contributed by atoms with E-state index >= 15 is 0 Å². The van der Waals surface area contributed by atoms with Crippen LogP contribution in [0.25, 0.3) is 0 Å². The van der Waals surface area contributed by atoms with Crippen LogP contribution < -0.4 is 5.32 Å². The Morgan fingerprint density at radius 3 is 2.50 bits per heavy atom. The van der Waals surface area contributed by atoms with E-state index in [4.69, 9.17) is 0 Å². The van der Waals surface area contributed by atoms with E-state index < -0.39 is 0 Å². The molecule has 1 saturated carbocycles. The normalized spacial score (nSPS) is 19.0. The summed E-state index contributed by atoms with van der Waals surface area (Å²) in [6.45, 7) is 3.48. The van der Waals surface area contributed by atoms with Crippen LogP contribution in [0.3, 0.4) is 0 Å². The Bertz CT molecular complexity index is 544. The van der Waals surface area contributed by atoms with Crippen molar-refractivity contribution in [2.75, 3.05) is 13.1 Å². The molecule has 1 aromatic rings.